The molecule has 0 radical (unpaired) electrons. The summed E-state index contributed by atoms with van der Waals surface area (Å²) in [5, 5.41) is 0. The molecule has 0 saturated heterocycles. The van der Waals surface area contributed by atoms with Gasteiger partial charge in [0.2, 0.25) is 0 Å². The molecular formula is C17H16FNO. The van der Waals surface area contributed by atoms with Crippen LogP contribution >= 0.6 is 0 Å². The Morgan fingerprint density at radius 1 is 1.15 bits per heavy atom. The van der Waals surface area contributed by atoms with Gasteiger partial charge in [-0.1, -0.05) is 42.2 Å². The minimum absolute atomic E-state index is 0.256. The van der Waals surface area contributed by atoms with E-state index in [1.54, 1.807) is 25.1 Å². The Balaban J connectivity index is 2.17. The molecule has 20 heavy (non-hydrogen) atoms. The maximum absolute atomic E-state index is 13.8. The maximum atomic E-state index is 13.8. The molecule has 2 aromatic rings. The minimum atomic E-state index is -0.321. The van der Waals surface area contributed by atoms with E-state index in [9.17, 15) is 4.39 Å². The lowest BCUT2D eigenvalue weighted by Crippen LogP contribution is -2.01. The Bertz CT molecular complexity index is 656. The average Bonchev–Trinajstić information content (AvgIpc) is 2.47. The molecule has 0 aromatic heterocycles. The summed E-state index contributed by atoms with van der Waals surface area (Å²) in [6.45, 7) is 2.29. The van der Waals surface area contributed by atoms with E-state index in [-0.39, 0.29) is 18.2 Å². The largest absolute Gasteiger partial charge is 0.486 e. The van der Waals surface area contributed by atoms with Crippen molar-refractivity contribution in [3.63, 3.8) is 0 Å². The number of hydrogen-bond donors (Lipinski definition) is 1. The monoisotopic (exact) mass is 269 g/mol. The molecule has 102 valence electrons. The fourth-order valence-corrected chi connectivity index (χ4v) is 1.80. The van der Waals surface area contributed by atoms with Gasteiger partial charge in [0.05, 0.1) is 6.54 Å². The summed E-state index contributed by atoms with van der Waals surface area (Å²) in [7, 11) is 0. The Labute approximate surface area is 118 Å². The first-order chi connectivity index (χ1) is 9.72. The number of hydrogen-bond acceptors (Lipinski definition) is 2. The lowest BCUT2D eigenvalue weighted by atomic mass is 10.1. The molecular weight excluding hydrogens is 253 g/mol. The van der Waals surface area contributed by atoms with Crippen molar-refractivity contribution < 1.29 is 9.13 Å². The lowest BCUT2D eigenvalue weighted by molar-refractivity contribution is 0.289. The van der Waals surface area contributed by atoms with Crippen LogP contribution in [0, 0.1) is 24.6 Å². The van der Waals surface area contributed by atoms with E-state index >= 15 is 0 Å². The fourth-order valence-electron chi connectivity index (χ4n) is 1.80. The topological polar surface area (TPSA) is 35.2 Å². The van der Waals surface area contributed by atoms with Gasteiger partial charge in [-0.05, 0) is 24.6 Å². The Kier molecular flexibility index (Phi) is 4.75. The first kappa shape index (κ1) is 14.1. The summed E-state index contributed by atoms with van der Waals surface area (Å²) in [6.07, 6.45) is 0. The van der Waals surface area contributed by atoms with Gasteiger partial charge in [-0.25, -0.2) is 4.39 Å². The van der Waals surface area contributed by atoms with Crippen LogP contribution in [-0.4, -0.2) is 6.54 Å². The normalized spacial score (nSPS) is 9.75. The van der Waals surface area contributed by atoms with Gasteiger partial charge in [0, 0.05) is 11.1 Å². The van der Waals surface area contributed by atoms with Crippen molar-refractivity contribution in [2.75, 3.05) is 6.54 Å². The van der Waals surface area contributed by atoms with Gasteiger partial charge in [0.15, 0.2) is 11.6 Å². The minimum Gasteiger partial charge on any atom is -0.486 e. The summed E-state index contributed by atoms with van der Waals surface area (Å²) < 4.78 is 19.4. The summed E-state index contributed by atoms with van der Waals surface area (Å²) in [5.41, 5.74) is 7.71. The van der Waals surface area contributed by atoms with Gasteiger partial charge in [0.1, 0.15) is 6.61 Å². The zero-order valence-electron chi connectivity index (χ0n) is 11.3. The van der Waals surface area contributed by atoms with Crippen molar-refractivity contribution in [3.05, 3.63) is 65.0 Å². The van der Waals surface area contributed by atoms with Crippen molar-refractivity contribution in [1.82, 2.24) is 0 Å². The van der Waals surface area contributed by atoms with E-state index in [0.29, 0.717) is 12.1 Å². The maximum Gasteiger partial charge on any atom is 0.167 e. The van der Waals surface area contributed by atoms with Gasteiger partial charge in [-0.15, -0.1) is 0 Å². The second kappa shape index (κ2) is 6.74. The van der Waals surface area contributed by atoms with Gasteiger partial charge >= 0.3 is 0 Å². The molecule has 2 N–H and O–H groups in total. The Morgan fingerprint density at radius 2 is 1.95 bits per heavy atom. The Hall–Kier alpha value is -2.31. The number of ether oxygens (including phenoxy) is 1. The fraction of sp³-hybridized carbons (Fsp3) is 0.176. The highest BCUT2D eigenvalue weighted by atomic mass is 19.1. The van der Waals surface area contributed by atoms with Crippen LogP contribution in [0.25, 0.3) is 0 Å². The highest BCUT2D eigenvalue weighted by Crippen LogP contribution is 2.21. The van der Waals surface area contributed by atoms with E-state index in [4.69, 9.17) is 10.5 Å². The third kappa shape index (κ3) is 3.37. The van der Waals surface area contributed by atoms with Crippen molar-refractivity contribution >= 4 is 0 Å². The number of benzene rings is 2. The molecule has 0 fully saturated rings. The Morgan fingerprint density at radius 3 is 2.75 bits per heavy atom. The van der Waals surface area contributed by atoms with Gasteiger partial charge < -0.3 is 10.5 Å². The van der Waals surface area contributed by atoms with Crippen molar-refractivity contribution in [2.45, 2.75) is 13.5 Å². The van der Waals surface area contributed by atoms with E-state index in [1.165, 1.54) is 0 Å². The third-order valence-corrected chi connectivity index (χ3v) is 2.88. The van der Waals surface area contributed by atoms with Gasteiger partial charge in [-0.2, -0.15) is 0 Å². The van der Waals surface area contributed by atoms with E-state index in [2.05, 4.69) is 11.8 Å². The van der Waals surface area contributed by atoms with Gasteiger partial charge in [0.25, 0.3) is 0 Å². The second-order valence-corrected chi connectivity index (χ2v) is 4.34. The molecule has 0 amide bonds. The molecule has 2 nitrogen and oxygen atoms in total. The molecule has 0 unspecified atom stereocenters. The van der Waals surface area contributed by atoms with E-state index in [1.807, 2.05) is 24.3 Å². The molecule has 0 aliphatic rings. The molecule has 0 atom stereocenters. The number of rotatable bonds is 3. The van der Waals surface area contributed by atoms with Crippen LogP contribution in [0.4, 0.5) is 4.39 Å². The molecule has 2 rings (SSSR count). The predicted octanol–water partition coefficient (Wildman–Crippen LogP) is 3.02. The molecule has 0 spiro atoms. The summed E-state index contributed by atoms with van der Waals surface area (Å²) in [6, 6.07) is 12.7. The van der Waals surface area contributed by atoms with Crippen LogP contribution in [0.3, 0.4) is 0 Å². The first-order valence-electron chi connectivity index (χ1n) is 6.37. The summed E-state index contributed by atoms with van der Waals surface area (Å²) in [4.78, 5) is 0. The van der Waals surface area contributed by atoms with Crippen LogP contribution < -0.4 is 10.5 Å². The number of aryl methyl sites for hydroxylation is 1. The highest BCUT2D eigenvalue weighted by molar-refractivity contribution is 5.41. The standard InChI is InChI=1S/C17H16FNO/c1-13-6-4-10-16(17(13)18)20-12-15-8-3-2-7-14(15)9-5-11-19/h2-4,6-8,10H,11-12,19H2,1H3. The van der Waals surface area contributed by atoms with Crippen LogP contribution in [0.1, 0.15) is 16.7 Å². The molecule has 3 heteroatoms. The van der Waals surface area contributed by atoms with Crippen molar-refractivity contribution in [2.24, 2.45) is 5.73 Å². The van der Waals surface area contributed by atoms with Crippen LogP contribution in [0.5, 0.6) is 5.75 Å². The van der Waals surface area contributed by atoms with Crippen LogP contribution in [-0.2, 0) is 6.61 Å². The van der Waals surface area contributed by atoms with E-state index in [0.717, 1.165) is 11.1 Å². The molecule has 0 bridgehead atoms. The number of nitrogens with two attached hydrogens (primary N) is 1. The zero-order chi connectivity index (χ0) is 14.4. The summed E-state index contributed by atoms with van der Waals surface area (Å²) >= 11 is 0. The number of halogens is 1. The van der Waals surface area contributed by atoms with E-state index < -0.39 is 0 Å². The summed E-state index contributed by atoms with van der Waals surface area (Å²) in [5.74, 6) is 5.73. The van der Waals surface area contributed by atoms with Crippen molar-refractivity contribution in [1.29, 1.82) is 0 Å². The first-order valence-corrected chi connectivity index (χ1v) is 6.37. The molecule has 0 heterocycles. The second-order valence-electron chi connectivity index (χ2n) is 4.34. The highest BCUT2D eigenvalue weighted by Gasteiger charge is 2.07. The average molecular weight is 269 g/mol. The van der Waals surface area contributed by atoms with Crippen LogP contribution in [0.2, 0.25) is 0 Å². The molecule has 0 aliphatic heterocycles. The zero-order valence-corrected chi connectivity index (χ0v) is 11.3. The lowest BCUT2D eigenvalue weighted by Gasteiger charge is -2.09. The predicted molar refractivity (Wildman–Crippen MR) is 77.8 cm³/mol. The third-order valence-electron chi connectivity index (χ3n) is 2.88. The van der Waals surface area contributed by atoms with Crippen molar-refractivity contribution in [3.8, 4) is 17.6 Å². The molecule has 0 saturated carbocycles. The molecule has 0 aliphatic carbocycles. The van der Waals surface area contributed by atoms with Crippen LogP contribution in [0.15, 0.2) is 42.5 Å². The molecule has 2 aromatic carbocycles. The smallest absolute Gasteiger partial charge is 0.167 e. The SMILES string of the molecule is Cc1cccc(OCc2ccccc2C#CCN)c1F. The van der Waals surface area contributed by atoms with Gasteiger partial charge in [-0.3, -0.25) is 0 Å². The quantitative estimate of drug-likeness (QED) is 0.869.